The second-order valence-electron chi connectivity index (χ2n) is 6.82. The molecule has 0 radical (unpaired) electrons. The normalized spacial score (nSPS) is 12.4. The van der Waals surface area contributed by atoms with Crippen molar-refractivity contribution in [3.63, 3.8) is 0 Å². The number of pyridine rings is 1. The minimum atomic E-state index is -0.0420. The van der Waals surface area contributed by atoms with Crippen molar-refractivity contribution < 1.29 is 9.26 Å². The van der Waals surface area contributed by atoms with E-state index in [1.165, 1.54) is 0 Å². The van der Waals surface area contributed by atoms with E-state index in [1.807, 2.05) is 63.2 Å². The Labute approximate surface area is 176 Å². The number of guanidine groups is 1. The lowest BCUT2D eigenvalue weighted by molar-refractivity contribution is 0.228. The predicted molar refractivity (Wildman–Crippen MR) is 116 cm³/mol. The van der Waals surface area contributed by atoms with Crippen LogP contribution in [0.4, 0.5) is 0 Å². The Morgan fingerprint density at radius 2 is 2.00 bits per heavy atom. The summed E-state index contributed by atoms with van der Waals surface area (Å²) in [5, 5.41) is 10.6. The quantitative estimate of drug-likeness (QED) is 0.415. The maximum atomic E-state index is 5.99. The van der Waals surface area contributed by atoms with E-state index in [1.54, 1.807) is 6.20 Å². The van der Waals surface area contributed by atoms with Gasteiger partial charge in [-0.05, 0) is 44.5 Å². The summed E-state index contributed by atoms with van der Waals surface area (Å²) in [5.41, 5.74) is 1.78. The van der Waals surface area contributed by atoms with Gasteiger partial charge in [0.25, 0.3) is 5.89 Å². The van der Waals surface area contributed by atoms with Crippen LogP contribution in [0.15, 0.2) is 58.2 Å². The average Bonchev–Trinajstić information content (AvgIpc) is 3.23. The fraction of sp³-hybridized carbons (Fsp3) is 0.364. The molecule has 3 rings (SSSR count). The highest BCUT2D eigenvalue weighted by Crippen LogP contribution is 2.17. The molecule has 0 bridgehead atoms. The SMILES string of the molecule is CCNC(=NCC(C)Oc1ccccc1C)NCCc1noc(-c2ccccn2)n1. The molecule has 158 valence electrons. The van der Waals surface area contributed by atoms with E-state index in [4.69, 9.17) is 9.26 Å². The lowest BCUT2D eigenvalue weighted by Gasteiger charge is -2.16. The molecular weight excluding hydrogens is 380 g/mol. The number of rotatable bonds is 9. The molecule has 0 aliphatic heterocycles. The van der Waals surface area contributed by atoms with E-state index >= 15 is 0 Å². The summed E-state index contributed by atoms with van der Waals surface area (Å²) in [6.07, 6.45) is 2.26. The molecule has 2 aromatic heterocycles. The number of aromatic nitrogens is 3. The molecule has 8 heteroatoms. The lowest BCUT2D eigenvalue weighted by Crippen LogP contribution is -2.39. The van der Waals surface area contributed by atoms with Crippen molar-refractivity contribution >= 4 is 5.96 Å². The van der Waals surface area contributed by atoms with Crippen LogP contribution in [-0.4, -0.2) is 46.8 Å². The Balaban J connectivity index is 1.49. The van der Waals surface area contributed by atoms with Gasteiger partial charge in [0.05, 0.1) is 6.54 Å². The van der Waals surface area contributed by atoms with Crippen molar-refractivity contribution in [3.05, 3.63) is 60.0 Å². The van der Waals surface area contributed by atoms with Gasteiger partial charge in [-0.1, -0.05) is 29.4 Å². The molecule has 1 aromatic carbocycles. The van der Waals surface area contributed by atoms with Crippen molar-refractivity contribution in [2.75, 3.05) is 19.6 Å². The van der Waals surface area contributed by atoms with Gasteiger partial charge in [-0.15, -0.1) is 0 Å². The summed E-state index contributed by atoms with van der Waals surface area (Å²) < 4.78 is 11.3. The number of nitrogens with one attached hydrogen (secondary N) is 2. The second-order valence-corrected chi connectivity index (χ2v) is 6.82. The van der Waals surface area contributed by atoms with Gasteiger partial charge in [-0.25, -0.2) is 4.99 Å². The molecule has 1 unspecified atom stereocenters. The van der Waals surface area contributed by atoms with Crippen LogP contribution in [0.5, 0.6) is 5.75 Å². The van der Waals surface area contributed by atoms with Crippen LogP contribution in [0, 0.1) is 6.92 Å². The first-order valence-corrected chi connectivity index (χ1v) is 10.1. The number of ether oxygens (including phenoxy) is 1. The van der Waals surface area contributed by atoms with E-state index in [2.05, 4.69) is 30.8 Å². The second kappa shape index (κ2) is 10.9. The van der Waals surface area contributed by atoms with Gasteiger partial charge in [0, 0.05) is 25.7 Å². The summed E-state index contributed by atoms with van der Waals surface area (Å²) in [5.74, 6) is 2.66. The maximum Gasteiger partial charge on any atom is 0.276 e. The molecule has 3 aromatic rings. The lowest BCUT2D eigenvalue weighted by atomic mass is 10.2. The van der Waals surface area contributed by atoms with Crippen LogP contribution in [0.25, 0.3) is 11.6 Å². The van der Waals surface area contributed by atoms with Crippen LogP contribution >= 0.6 is 0 Å². The molecular formula is C22H28N6O2. The van der Waals surface area contributed by atoms with Gasteiger partial charge in [-0.3, -0.25) is 4.98 Å². The molecule has 0 aliphatic rings. The summed E-state index contributed by atoms with van der Waals surface area (Å²) >= 11 is 0. The first-order chi connectivity index (χ1) is 14.7. The van der Waals surface area contributed by atoms with Gasteiger partial charge in [-0.2, -0.15) is 4.98 Å². The van der Waals surface area contributed by atoms with Crippen LogP contribution in [0.3, 0.4) is 0 Å². The standard InChI is InChI=1S/C22H28N6O2/c1-4-23-22(26-15-17(3)29-19-11-6-5-9-16(19)2)25-14-12-20-27-21(30-28-20)18-10-7-8-13-24-18/h5-11,13,17H,4,12,14-15H2,1-3H3,(H2,23,25,26). The van der Waals surface area contributed by atoms with E-state index in [-0.39, 0.29) is 6.10 Å². The first-order valence-electron chi connectivity index (χ1n) is 10.1. The largest absolute Gasteiger partial charge is 0.489 e. The zero-order chi connectivity index (χ0) is 21.2. The molecule has 0 amide bonds. The maximum absolute atomic E-state index is 5.99. The van der Waals surface area contributed by atoms with Crippen LogP contribution in [0.1, 0.15) is 25.2 Å². The predicted octanol–water partition coefficient (Wildman–Crippen LogP) is 3.01. The molecule has 0 spiro atoms. The fourth-order valence-corrected chi connectivity index (χ4v) is 2.75. The molecule has 0 saturated heterocycles. The van der Waals surface area contributed by atoms with Gasteiger partial charge in [0.2, 0.25) is 0 Å². The van der Waals surface area contributed by atoms with Crippen molar-refractivity contribution in [2.45, 2.75) is 33.3 Å². The van der Waals surface area contributed by atoms with E-state index in [9.17, 15) is 0 Å². The fourth-order valence-electron chi connectivity index (χ4n) is 2.75. The van der Waals surface area contributed by atoms with E-state index < -0.39 is 0 Å². The van der Waals surface area contributed by atoms with E-state index in [0.29, 0.717) is 36.9 Å². The number of aryl methyl sites for hydroxylation is 1. The van der Waals surface area contributed by atoms with Gasteiger partial charge < -0.3 is 19.9 Å². The molecule has 30 heavy (non-hydrogen) atoms. The highest BCUT2D eigenvalue weighted by atomic mass is 16.5. The summed E-state index contributed by atoms with van der Waals surface area (Å²) in [7, 11) is 0. The minimum Gasteiger partial charge on any atom is -0.489 e. The van der Waals surface area contributed by atoms with Gasteiger partial charge in [0.1, 0.15) is 17.5 Å². The smallest absolute Gasteiger partial charge is 0.276 e. The highest BCUT2D eigenvalue weighted by molar-refractivity contribution is 5.79. The number of aliphatic imine (C=N–C) groups is 1. The Morgan fingerprint density at radius 3 is 2.77 bits per heavy atom. The molecule has 1 atom stereocenters. The van der Waals surface area contributed by atoms with Crippen LogP contribution < -0.4 is 15.4 Å². The Morgan fingerprint density at radius 1 is 1.17 bits per heavy atom. The monoisotopic (exact) mass is 408 g/mol. The third-order valence-electron chi connectivity index (χ3n) is 4.27. The number of benzene rings is 1. The zero-order valence-electron chi connectivity index (χ0n) is 17.6. The molecule has 0 saturated carbocycles. The van der Waals surface area contributed by atoms with Crippen molar-refractivity contribution in [1.29, 1.82) is 0 Å². The van der Waals surface area contributed by atoms with Crippen molar-refractivity contribution in [3.8, 4) is 17.3 Å². The average molecular weight is 409 g/mol. The van der Waals surface area contributed by atoms with Gasteiger partial charge >= 0.3 is 0 Å². The Hall–Kier alpha value is -3.42. The third kappa shape index (κ3) is 6.30. The zero-order valence-corrected chi connectivity index (χ0v) is 17.6. The first kappa shape index (κ1) is 21.3. The summed E-state index contributed by atoms with van der Waals surface area (Å²) in [6, 6.07) is 13.6. The third-order valence-corrected chi connectivity index (χ3v) is 4.27. The van der Waals surface area contributed by atoms with Crippen molar-refractivity contribution in [1.82, 2.24) is 25.8 Å². The van der Waals surface area contributed by atoms with Crippen molar-refractivity contribution in [2.24, 2.45) is 4.99 Å². The topological polar surface area (TPSA) is 97.5 Å². The van der Waals surface area contributed by atoms with Crippen LogP contribution in [0.2, 0.25) is 0 Å². The molecule has 8 nitrogen and oxygen atoms in total. The summed E-state index contributed by atoms with van der Waals surface area (Å²) in [4.78, 5) is 13.2. The molecule has 0 aliphatic carbocycles. The number of hydrogen-bond donors (Lipinski definition) is 2. The molecule has 0 fully saturated rings. The minimum absolute atomic E-state index is 0.0420. The number of nitrogens with zero attached hydrogens (tertiary/aromatic N) is 4. The molecule has 2 N–H and O–H groups in total. The van der Waals surface area contributed by atoms with Gasteiger partial charge in [0.15, 0.2) is 11.8 Å². The number of hydrogen-bond acceptors (Lipinski definition) is 6. The Bertz CT molecular complexity index is 942. The highest BCUT2D eigenvalue weighted by Gasteiger charge is 2.10. The van der Waals surface area contributed by atoms with E-state index in [0.717, 1.165) is 23.8 Å². The van der Waals surface area contributed by atoms with Crippen LogP contribution in [-0.2, 0) is 6.42 Å². The molecule has 2 heterocycles. The number of para-hydroxylation sites is 1. The Kier molecular flexibility index (Phi) is 7.77. The summed E-state index contributed by atoms with van der Waals surface area (Å²) in [6.45, 7) is 8.01.